The first-order valence-corrected chi connectivity index (χ1v) is 6.06. The third kappa shape index (κ3) is 5.59. The van der Waals surface area contributed by atoms with E-state index in [0.29, 0.717) is 18.6 Å². The van der Waals surface area contributed by atoms with Gasteiger partial charge in [0.15, 0.2) is 0 Å². The van der Waals surface area contributed by atoms with Crippen molar-refractivity contribution in [2.45, 2.75) is 38.6 Å². The molecule has 1 atom stereocenters. The lowest BCUT2D eigenvalue weighted by molar-refractivity contribution is -0.137. The smallest absolute Gasteiger partial charge is 0.377 e. The van der Waals surface area contributed by atoms with Gasteiger partial charge in [0.1, 0.15) is 0 Å². The van der Waals surface area contributed by atoms with Crippen molar-refractivity contribution < 1.29 is 17.9 Å². The van der Waals surface area contributed by atoms with Gasteiger partial charge in [-0.25, -0.2) is 0 Å². The lowest BCUT2D eigenvalue weighted by Gasteiger charge is -2.18. The van der Waals surface area contributed by atoms with Crippen LogP contribution in [0.2, 0.25) is 0 Å². The van der Waals surface area contributed by atoms with Crippen LogP contribution in [0, 0.1) is 0 Å². The van der Waals surface area contributed by atoms with Crippen LogP contribution in [0.5, 0.6) is 0 Å². The van der Waals surface area contributed by atoms with E-state index < -0.39 is 11.7 Å². The highest BCUT2D eigenvalue weighted by Gasteiger charge is 2.30. The van der Waals surface area contributed by atoms with Crippen molar-refractivity contribution >= 4 is 0 Å². The van der Waals surface area contributed by atoms with Gasteiger partial charge in [-0.3, -0.25) is 11.3 Å². The normalized spacial score (nSPS) is 13.8. The van der Waals surface area contributed by atoms with E-state index in [1.807, 2.05) is 13.8 Å². The second kappa shape index (κ2) is 6.88. The van der Waals surface area contributed by atoms with Crippen molar-refractivity contribution in [2.75, 3.05) is 6.61 Å². The van der Waals surface area contributed by atoms with Crippen LogP contribution >= 0.6 is 0 Å². The fourth-order valence-corrected chi connectivity index (χ4v) is 1.63. The summed E-state index contributed by atoms with van der Waals surface area (Å²) >= 11 is 0. The van der Waals surface area contributed by atoms with Gasteiger partial charge in [0.25, 0.3) is 0 Å². The highest BCUT2D eigenvalue weighted by Crippen LogP contribution is 2.29. The number of hydrogen-bond acceptors (Lipinski definition) is 3. The second-order valence-electron chi connectivity index (χ2n) is 4.65. The number of nitrogens with two attached hydrogens (primary N) is 1. The molecule has 3 N–H and O–H groups in total. The van der Waals surface area contributed by atoms with Crippen LogP contribution in [0.4, 0.5) is 13.2 Å². The zero-order valence-electron chi connectivity index (χ0n) is 11.0. The number of nitrogens with one attached hydrogen (secondary N) is 1. The molecule has 1 aromatic carbocycles. The first kappa shape index (κ1) is 15.9. The summed E-state index contributed by atoms with van der Waals surface area (Å²) in [4.78, 5) is 0. The Hall–Kier alpha value is -1.11. The van der Waals surface area contributed by atoms with Crippen LogP contribution in [0.25, 0.3) is 0 Å². The standard InChI is InChI=1S/C13H19F3N2O/c1-9(2)19-8-12(18-17)7-10-4-3-5-11(6-10)13(14,15)16/h3-6,9,12,18H,7-8,17H2,1-2H3. The fraction of sp³-hybridized carbons (Fsp3) is 0.538. The highest BCUT2D eigenvalue weighted by atomic mass is 19.4. The summed E-state index contributed by atoms with van der Waals surface area (Å²) in [6, 6.07) is 5.02. The van der Waals surface area contributed by atoms with E-state index in [2.05, 4.69) is 5.43 Å². The van der Waals surface area contributed by atoms with E-state index in [9.17, 15) is 13.2 Å². The van der Waals surface area contributed by atoms with Crippen molar-refractivity contribution in [3.63, 3.8) is 0 Å². The minimum absolute atomic E-state index is 0.0531. The summed E-state index contributed by atoms with van der Waals surface area (Å²) in [6.07, 6.45) is -3.89. The van der Waals surface area contributed by atoms with Crippen LogP contribution in [0.1, 0.15) is 25.0 Å². The molecule has 0 bridgehead atoms. The fourth-order valence-electron chi connectivity index (χ4n) is 1.63. The van der Waals surface area contributed by atoms with Crippen molar-refractivity contribution in [3.8, 4) is 0 Å². The molecule has 3 nitrogen and oxygen atoms in total. The van der Waals surface area contributed by atoms with Gasteiger partial charge in [-0.1, -0.05) is 18.2 Å². The SMILES string of the molecule is CC(C)OCC(Cc1cccc(C(F)(F)F)c1)NN. The summed E-state index contributed by atoms with van der Waals surface area (Å²) in [5.74, 6) is 5.38. The van der Waals surface area contributed by atoms with E-state index in [1.54, 1.807) is 6.07 Å². The minimum Gasteiger partial charge on any atom is -0.377 e. The van der Waals surface area contributed by atoms with Crippen LogP contribution in [-0.4, -0.2) is 18.8 Å². The number of rotatable bonds is 6. The lowest BCUT2D eigenvalue weighted by Crippen LogP contribution is -2.40. The van der Waals surface area contributed by atoms with E-state index in [4.69, 9.17) is 10.6 Å². The second-order valence-corrected chi connectivity index (χ2v) is 4.65. The van der Waals surface area contributed by atoms with Gasteiger partial charge < -0.3 is 4.74 Å². The summed E-state index contributed by atoms with van der Waals surface area (Å²) in [6.45, 7) is 4.13. The number of hydrogen-bond donors (Lipinski definition) is 2. The maximum absolute atomic E-state index is 12.6. The number of alkyl halides is 3. The van der Waals surface area contributed by atoms with Gasteiger partial charge in [-0.05, 0) is 31.9 Å². The molecular formula is C13H19F3N2O. The number of benzene rings is 1. The van der Waals surface area contributed by atoms with Gasteiger partial charge in [-0.2, -0.15) is 13.2 Å². The summed E-state index contributed by atoms with van der Waals surface area (Å²) in [5, 5.41) is 0. The Morgan fingerprint density at radius 1 is 1.32 bits per heavy atom. The Morgan fingerprint density at radius 3 is 2.53 bits per heavy atom. The van der Waals surface area contributed by atoms with Crippen molar-refractivity contribution in [3.05, 3.63) is 35.4 Å². The Labute approximate surface area is 110 Å². The molecular weight excluding hydrogens is 257 g/mol. The molecule has 0 aliphatic heterocycles. The average Bonchev–Trinajstić information content (AvgIpc) is 2.33. The van der Waals surface area contributed by atoms with E-state index in [-0.39, 0.29) is 12.1 Å². The molecule has 0 saturated carbocycles. The first-order valence-electron chi connectivity index (χ1n) is 6.06. The summed E-state index contributed by atoms with van der Waals surface area (Å²) in [5.41, 5.74) is 2.48. The molecule has 1 rings (SSSR count). The van der Waals surface area contributed by atoms with E-state index >= 15 is 0 Å². The largest absolute Gasteiger partial charge is 0.416 e. The molecule has 0 fully saturated rings. The van der Waals surface area contributed by atoms with Gasteiger partial charge in [-0.15, -0.1) is 0 Å². The predicted molar refractivity (Wildman–Crippen MR) is 67.3 cm³/mol. The topological polar surface area (TPSA) is 47.3 Å². The molecule has 0 spiro atoms. The van der Waals surface area contributed by atoms with Gasteiger partial charge in [0.2, 0.25) is 0 Å². The summed E-state index contributed by atoms with van der Waals surface area (Å²) < 4.78 is 43.1. The van der Waals surface area contributed by atoms with E-state index in [1.165, 1.54) is 6.07 Å². The van der Waals surface area contributed by atoms with E-state index in [0.717, 1.165) is 12.1 Å². The van der Waals surface area contributed by atoms with Gasteiger partial charge in [0, 0.05) is 6.04 Å². The highest BCUT2D eigenvalue weighted by molar-refractivity contribution is 5.26. The first-order chi connectivity index (χ1) is 8.82. The number of halogens is 3. The molecule has 1 unspecified atom stereocenters. The molecule has 0 heterocycles. The molecule has 108 valence electrons. The van der Waals surface area contributed by atoms with Gasteiger partial charge >= 0.3 is 6.18 Å². The van der Waals surface area contributed by atoms with Crippen molar-refractivity contribution in [2.24, 2.45) is 5.84 Å². The zero-order chi connectivity index (χ0) is 14.5. The maximum Gasteiger partial charge on any atom is 0.416 e. The van der Waals surface area contributed by atoms with Gasteiger partial charge in [0.05, 0.1) is 18.3 Å². The Morgan fingerprint density at radius 2 is 2.00 bits per heavy atom. The maximum atomic E-state index is 12.6. The number of hydrazine groups is 1. The van der Waals surface area contributed by atoms with Crippen molar-refractivity contribution in [1.82, 2.24) is 5.43 Å². The molecule has 0 saturated heterocycles. The summed E-state index contributed by atoms with van der Waals surface area (Å²) in [7, 11) is 0. The molecule has 1 aromatic rings. The molecule has 0 aliphatic rings. The monoisotopic (exact) mass is 276 g/mol. The van der Waals surface area contributed by atoms with Crippen molar-refractivity contribution in [1.29, 1.82) is 0 Å². The quantitative estimate of drug-likeness (QED) is 0.620. The molecule has 0 radical (unpaired) electrons. The average molecular weight is 276 g/mol. The minimum atomic E-state index is -4.32. The van der Waals surface area contributed by atoms with Crippen LogP contribution in [0.15, 0.2) is 24.3 Å². The molecule has 19 heavy (non-hydrogen) atoms. The van der Waals surface area contributed by atoms with Crippen LogP contribution in [-0.2, 0) is 17.3 Å². The predicted octanol–water partition coefficient (Wildman–Crippen LogP) is 2.50. The van der Waals surface area contributed by atoms with Crippen LogP contribution < -0.4 is 11.3 Å². The Kier molecular flexibility index (Phi) is 5.78. The third-order valence-electron chi connectivity index (χ3n) is 2.60. The molecule has 0 amide bonds. The lowest BCUT2D eigenvalue weighted by atomic mass is 10.0. The van der Waals surface area contributed by atoms with Crippen LogP contribution in [0.3, 0.4) is 0 Å². The zero-order valence-corrected chi connectivity index (χ0v) is 11.0. The molecule has 6 heteroatoms. The molecule has 0 aromatic heterocycles. The Bertz CT molecular complexity index is 394. The molecule has 0 aliphatic carbocycles. The Balaban J connectivity index is 2.69. The third-order valence-corrected chi connectivity index (χ3v) is 2.60. The number of ether oxygens (including phenoxy) is 1.